The fourth-order valence-corrected chi connectivity index (χ4v) is 4.24. The Morgan fingerprint density at radius 1 is 0.767 bits per heavy atom. The molecular formula is C25H44O4S. The van der Waals surface area contributed by atoms with Crippen molar-refractivity contribution in [2.24, 2.45) is 0 Å². The molecule has 0 aromatic carbocycles. The highest BCUT2D eigenvalue weighted by Crippen LogP contribution is 2.19. The van der Waals surface area contributed by atoms with Gasteiger partial charge in [-0.2, -0.15) is 0 Å². The molecule has 0 aliphatic rings. The van der Waals surface area contributed by atoms with Crippen molar-refractivity contribution >= 4 is 23.7 Å². The summed E-state index contributed by atoms with van der Waals surface area (Å²) in [5.41, 5.74) is 0. The van der Waals surface area contributed by atoms with E-state index in [4.69, 9.17) is 4.74 Å². The summed E-state index contributed by atoms with van der Waals surface area (Å²) in [7, 11) is 2.84. The zero-order valence-corrected chi connectivity index (χ0v) is 20.5. The Kier molecular flexibility index (Phi) is 21.7. The van der Waals surface area contributed by atoms with Gasteiger partial charge in [0.1, 0.15) is 0 Å². The van der Waals surface area contributed by atoms with Crippen LogP contribution in [0.3, 0.4) is 0 Å². The first kappa shape index (κ1) is 28.9. The van der Waals surface area contributed by atoms with Crippen molar-refractivity contribution in [1.82, 2.24) is 0 Å². The van der Waals surface area contributed by atoms with Crippen molar-refractivity contribution in [1.29, 1.82) is 0 Å². The van der Waals surface area contributed by atoms with E-state index in [1.54, 1.807) is 11.8 Å². The normalized spacial score (nSPS) is 11.4. The molecule has 5 heteroatoms. The monoisotopic (exact) mass is 440 g/mol. The Hall–Kier alpha value is -1.15. The van der Waals surface area contributed by atoms with Gasteiger partial charge >= 0.3 is 11.9 Å². The van der Waals surface area contributed by atoms with Gasteiger partial charge in [0.25, 0.3) is 0 Å². The molecule has 1 atom stereocenters. The molecule has 174 valence electrons. The molecule has 0 aliphatic heterocycles. The quantitative estimate of drug-likeness (QED) is 0.127. The lowest BCUT2D eigenvalue weighted by Gasteiger charge is -2.10. The van der Waals surface area contributed by atoms with E-state index in [2.05, 4.69) is 23.5 Å². The van der Waals surface area contributed by atoms with E-state index in [1.807, 2.05) is 0 Å². The summed E-state index contributed by atoms with van der Waals surface area (Å²) in [5.74, 6) is 7.13. The Morgan fingerprint density at radius 2 is 1.33 bits per heavy atom. The zero-order chi connectivity index (χ0) is 22.3. The van der Waals surface area contributed by atoms with Crippen LogP contribution >= 0.6 is 11.8 Å². The van der Waals surface area contributed by atoms with E-state index in [0.717, 1.165) is 31.4 Å². The van der Waals surface area contributed by atoms with E-state index in [9.17, 15) is 9.59 Å². The van der Waals surface area contributed by atoms with Crippen LogP contribution in [0.15, 0.2) is 0 Å². The van der Waals surface area contributed by atoms with Crippen molar-refractivity contribution < 1.29 is 19.1 Å². The third-order valence-corrected chi connectivity index (χ3v) is 6.29. The van der Waals surface area contributed by atoms with Crippen LogP contribution in [-0.4, -0.2) is 37.2 Å². The summed E-state index contributed by atoms with van der Waals surface area (Å²) in [6.07, 6.45) is 17.9. The molecule has 0 spiro atoms. The van der Waals surface area contributed by atoms with Gasteiger partial charge in [0.05, 0.1) is 25.9 Å². The topological polar surface area (TPSA) is 52.6 Å². The van der Waals surface area contributed by atoms with Gasteiger partial charge in [-0.25, -0.2) is 0 Å². The molecule has 0 rings (SSSR count). The van der Waals surface area contributed by atoms with Gasteiger partial charge in [-0.1, -0.05) is 77.1 Å². The van der Waals surface area contributed by atoms with Crippen LogP contribution in [-0.2, 0) is 19.1 Å². The lowest BCUT2D eigenvalue weighted by Crippen LogP contribution is -2.06. The first-order chi connectivity index (χ1) is 14.6. The van der Waals surface area contributed by atoms with Gasteiger partial charge < -0.3 is 9.47 Å². The third-order valence-electron chi connectivity index (χ3n) is 5.10. The molecular weight excluding hydrogens is 396 g/mol. The number of unbranched alkanes of at least 4 members (excludes halogenated alkanes) is 11. The summed E-state index contributed by atoms with van der Waals surface area (Å²) in [6, 6.07) is 0. The number of methoxy groups -OCH3 is 2. The van der Waals surface area contributed by atoms with Crippen LogP contribution in [0.4, 0.5) is 0 Å². The predicted molar refractivity (Wildman–Crippen MR) is 128 cm³/mol. The Balaban J connectivity index is 3.98. The minimum absolute atomic E-state index is 0.156. The molecule has 0 bridgehead atoms. The van der Waals surface area contributed by atoms with Gasteiger partial charge in [-0.3, -0.25) is 9.59 Å². The van der Waals surface area contributed by atoms with E-state index < -0.39 is 0 Å². The molecule has 4 nitrogen and oxygen atoms in total. The van der Waals surface area contributed by atoms with Crippen LogP contribution in [0.25, 0.3) is 0 Å². The van der Waals surface area contributed by atoms with Crippen LogP contribution in [0.2, 0.25) is 0 Å². The highest BCUT2D eigenvalue weighted by molar-refractivity contribution is 8.00. The van der Waals surface area contributed by atoms with Crippen molar-refractivity contribution in [2.75, 3.05) is 20.0 Å². The number of rotatable bonds is 19. The molecule has 0 heterocycles. The first-order valence-corrected chi connectivity index (χ1v) is 12.9. The molecule has 0 saturated carbocycles. The van der Waals surface area contributed by atoms with E-state index in [0.29, 0.717) is 12.8 Å². The maximum absolute atomic E-state index is 11.3. The largest absolute Gasteiger partial charge is 0.469 e. The van der Waals surface area contributed by atoms with Gasteiger partial charge in [0.2, 0.25) is 0 Å². The second kappa shape index (κ2) is 22.5. The summed E-state index contributed by atoms with van der Waals surface area (Å²) < 4.78 is 9.39. The van der Waals surface area contributed by atoms with Gasteiger partial charge in [-0.15, -0.1) is 17.7 Å². The lowest BCUT2D eigenvalue weighted by atomic mass is 10.1. The molecule has 0 N–H and O–H groups in total. The zero-order valence-electron chi connectivity index (χ0n) is 19.6. The van der Waals surface area contributed by atoms with Crippen molar-refractivity contribution in [3.05, 3.63) is 0 Å². The van der Waals surface area contributed by atoms with Crippen LogP contribution in [0.1, 0.15) is 110 Å². The van der Waals surface area contributed by atoms with Crippen LogP contribution < -0.4 is 0 Å². The lowest BCUT2D eigenvalue weighted by molar-refractivity contribution is -0.141. The third kappa shape index (κ3) is 20.1. The fourth-order valence-electron chi connectivity index (χ4n) is 3.17. The summed E-state index contributed by atoms with van der Waals surface area (Å²) in [6.45, 7) is 2.26. The Bertz CT molecular complexity index is 481. The summed E-state index contributed by atoms with van der Waals surface area (Å²) in [5, 5.41) is 0.218. The van der Waals surface area contributed by atoms with Crippen LogP contribution in [0, 0.1) is 11.8 Å². The maximum Gasteiger partial charge on any atom is 0.306 e. The molecule has 0 fully saturated rings. The SMILES string of the molecule is CCCCCCCCCCCCC#CC(CCCCC(=O)OC)SCCC(=O)OC. The second-order valence-electron chi connectivity index (χ2n) is 7.76. The minimum atomic E-state index is -0.176. The first-order valence-electron chi connectivity index (χ1n) is 11.9. The number of esters is 2. The molecule has 1 unspecified atom stereocenters. The van der Waals surface area contributed by atoms with Crippen molar-refractivity contribution in [3.63, 3.8) is 0 Å². The molecule has 0 amide bonds. The maximum atomic E-state index is 11.3. The number of ether oxygens (including phenoxy) is 2. The van der Waals surface area contributed by atoms with Crippen molar-refractivity contribution in [3.8, 4) is 11.8 Å². The standard InChI is InChI=1S/C25H44O4S/c1-4-5-6-7-8-9-10-11-12-13-14-15-18-23(30-22-21-25(27)29-3)19-16-17-20-24(26)28-2/h23H,4-14,16-17,19-22H2,1-3H3. The molecule has 0 aliphatic carbocycles. The Labute approximate surface area is 189 Å². The molecule has 30 heavy (non-hydrogen) atoms. The number of carbonyl (C=O) groups is 2. The summed E-state index contributed by atoms with van der Waals surface area (Å²) in [4.78, 5) is 22.5. The number of hydrogen-bond donors (Lipinski definition) is 0. The highest BCUT2D eigenvalue weighted by atomic mass is 32.2. The molecule has 0 aromatic rings. The van der Waals surface area contributed by atoms with Gasteiger partial charge in [-0.05, 0) is 19.3 Å². The smallest absolute Gasteiger partial charge is 0.306 e. The molecule has 0 saturated heterocycles. The van der Waals surface area contributed by atoms with Crippen LogP contribution in [0.5, 0.6) is 0 Å². The van der Waals surface area contributed by atoms with E-state index in [1.165, 1.54) is 78.4 Å². The molecule has 0 aromatic heterocycles. The van der Waals surface area contributed by atoms with E-state index >= 15 is 0 Å². The van der Waals surface area contributed by atoms with E-state index in [-0.39, 0.29) is 17.2 Å². The molecule has 0 radical (unpaired) electrons. The number of carbonyl (C=O) groups excluding carboxylic acids is 2. The van der Waals surface area contributed by atoms with Crippen molar-refractivity contribution in [2.45, 2.75) is 115 Å². The summed E-state index contributed by atoms with van der Waals surface area (Å²) >= 11 is 1.72. The average Bonchev–Trinajstić information content (AvgIpc) is 2.76. The van der Waals surface area contributed by atoms with Gasteiger partial charge in [0, 0.05) is 18.6 Å². The second-order valence-corrected chi connectivity index (χ2v) is 9.07. The highest BCUT2D eigenvalue weighted by Gasteiger charge is 2.09. The Morgan fingerprint density at radius 3 is 1.93 bits per heavy atom. The van der Waals surface area contributed by atoms with Gasteiger partial charge in [0.15, 0.2) is 0 Å². The minimum Gasteiger partial charge on any atom is -0.469 e. The average molecular weight is 441 g/mol. The predicted octanol–water partition coefficient (Wildman–Crippen LogP) is 6.70. The fraction of sp³-hybridized carbons (Fsp3) is 0.840. The number of thioether (sulfide) groups is 1. The number of hydrogen-bond acceptors (Lipinski definition) is 5.